The van der Waals surface area contributed by atoms with Crippen molar-refractivity contribution in [3.8, 4) is 0 Å². The van der Waals surface area contributed by atoms with E-state index in [4.69, 9.17) is 11.6 Å². The maximum Gasteiger partial charge on any atom is 0.250 e. The lowest BCUT2D eigenvalue weighted by molar-refractivity contribution is -0.115. The molecular formula is C20H17ClFN5O. The molecule has 1 unspecified atom stereocenters. The van der Waals surface area contributed by atoms with Crippen LogP contribution in [0.3, 0.4) is 0 Å². The molecule has 0 radical (unpaired) electrons. The van der Waals surface area contributed by atoms with Gasteiger partial charge < -0.3 is 5.32 Å². The van der Waals surface area contributed by atoms with E-state index in [0.29, 0.717) is 17.9 Å². The lowest BCUT2D eigenvalue weighted by Crippen LogP contribution is -2.21. The van der Waals surface area contributed by atoms with Gasteiger partial charge in [0.25, 0.3) is 5.95 Å². The van der Waals surface area contributed by atoms with Crippen LogP contribution in [0.2, 0.25) is 5.02 Å². The Kier molecular flexibility index (Phi) is 4.83. The minimum Gasteiger partial charge on any atom is -0.324 e. The molecule has 28 heavy (non-hydrogen) atoms. The van der Waals surface area contributed by atoms with E-state index < -0.39 is 11.9 Å². The van der Waals surface area contributed by atoms with Crippen LogP contribution >= 0.6 is 11.6 Å². The Morgan fingerprint density at radius 1 is 1.25 bits per heavy atom. The summed E-state index contributed by atoms with van der Waals surface area (Å²) in [5, 5.41) is 10.5. The molecule has 0 spiro atoms. The summed E-state index contributed by atoms with van der Waals surface area (Å²) in [6.45, 7) is 1.74. The minimum atomic E-state index is -0.625. The van der Waals surface area contributed by atoms with Gasteiger partial charge in [0.05, 0.1) is 0 Å². The molecule has 1 aromatic heterocycles. The zero-order chi connectivity index (χ0) is 19.7. The maximum atomic E-state index is 14.7. The Labute approximate surface area is 166 Å². The first-order valence-corrected chi connectivity index (χ1v) is 9.19. The normalized spacial score (nSPS) is 15.4. The Bertz CT molecular complexity index is 1040. The van der Waals surface area contributed by atoms with Gasteiger partial charge in [-0.05, 0) is 23.8 Å². The molecule has 4 rings (SSSR count). The van der Waals surface area contributed by atoms with Gasteiger partial charge >= 0.3 is 0 Å². The summed E-state index contributed by atoms with van der Waals surface area (Å²) >= 11 is 6.32. The number of fused-ring (bicyclic) bond motifs is 1. The van der Waals surface area contributed by atoms with Crippen LogP contribution in [0, 0.1) is 5.82 Å². The first-order valence-electron chi connectivity index (χ1n) is 8.81. The van der Waals surface area contributed by atoms with Crippen molar-refractivity contribution in [1.82, 2.24) is 14.8 Å². The fraction of sp³-hybridized carbons (Fsp3) is 0.150. The van der Waals surface area contributed by atoms with Crippen molar-refractivity contribution in [2.45, 2.75) is 19.4 Å². The quantitative estimate of drug-likeness (QED) is 0.681. The Morgan fingerprint density at radius 2 is 2.04 bits per heavy atom. The Balaban J connectivity index is 1.84. The van der Waals surface area contributed by atoms with Crippen molar-refractivity contribution in [3.63, 3.8) is 0 Å². The third kappa shape index (κ3) is 3.36. The predicted octanol–water partition coefficient (Wildman–Crippen LogP) is 4.48. The van der Waals surface area contributed by atoms with E-state index in [-0.39, 0.29) is 16.9 Å². The molecule has 0 aliphatic carbocycles. The monoisotopic (exact) mass is 397 g/mol. The van der Waals surface area contributed by atoms with Gasteiger partial charge in [0.15, 0.2) is 0 Å². The summed E-state index contributed by atoms with van der Waals surface area (Å²) in [5.74, 6) is -0.116. The lowest BCUT2D eigenvalue weighted by Gasteiger charge is -2.25. The number of halogens is 2. The number of benzene rings is 2. The molecular weight excluding hydrogens is 381 g/mol. The number of aromatic nitrogens is 3. The van der Waals surface area contributed by atoms with Gasteiger partial charge in [-0.25, -0.2) is 9.07 Å². The molecule has 1 aliphatic heterocycles. The van der Waals surface area contributed by atoms with Gasteiger partial charge in [0, 0.05) is 22.7 Å². The van der Waals surface area contributed by atoms with E-state index in [1.807, 2.05) is 36.4 Å². The molecule has 1 atom stereocenters. The van der Waals surface area contributed by atoms with Crippen LogP contribution in [0.25, 0.3) is 5.70 Å². The molecule has 142 valence electrons. The maximum absolute atomic E-state index is 14.7. The molecule has 8 heteroatoms. The van der Waals surface area contributed by atoms with E-state index >= 15 is 0 Å². The fourth-order valence-corrected chi connectivity index (χ4v) is 3.32. The van der Waals surface area contributed by atoms with Crippen molar-refractivity contribution >= 4 is 35.1 Å². The zero-order valence-corrected chi connectivity index (χ0v) is 15.7. The highest BCUT2D eigenvalue weighted by Crippen LogP contribution is 2.37. The summed E-state index contributed by atoms with van der Waals surface area (Å²) in [5.41, 5.74) is 1.95. The second kappa shape index (κ2) is 7.44. The average molecular weight is 398 g/mol. The molecule has 2 heterocycles. The van der Waals surface area contributed by atoms with Gasteiger partial charge in [0.2, 0.25) is 11.9 Å². The standard InChI is InChI=1S/C20H17ClFN5O/c1-2-17(28)24-19-25-20-23-15(12-7-4-3-5-8-12)11-16(27(20)26-19)18-13(21)9-6-10-14(18)22/h3-11,16H,2H2,1H3,(H2,23,24,25,26,28). The molecule has 1 amide bonds. The van der Waals surface area contributed by atoms with Crippen molar-refractivity contribution in [2.75, 3.05) is 10.6 Å². The molecule has 2 aromatic carbocycles. The van der Waals surface area contributed by atoms with Gasteiger partial charge in [-0.15, -0.1) is 5.10 Å². The number of nitrogens with zero attached hydrogens (tertiary/aromatic N) is 3. The highest BCUT2D eigenvalue weighted by atomic mass is 35.5. The fourth-order valence-electron chi connectivity index (χ4n) is 3.04. The highest BCUT2D eigenvalue weighted by molar-refractivity contribution is 6.31. The molecule has 0 saturated carbocycles. The summed E-state index contributed by atoms with van der Waals surface area (Å²) in [7, 11) is 0. The van der Waals surface area contributed by atoms with Gasteiger partial charge in [0.1, 0.15) is 11.9 Å². The number of rotatable bonds is 4. The summed E-state index contributed by atoms with van der Waals surface area (Å²) in [4.78, 5) is 16.1. The summed E-state index contributed by atoms with van der Waals surface area (Å²) in [6, 6.07) is 13.5. The molecule has 0 bridgehead atoms. The zero-order valence-electron chi connectivity index (χ0n) is 15.0. The van der Waals surface area contributed by atoms with E-state index in [1.165, 1.54) is 10.7 Å². The van der Waals surface area contributed by atoms with E-state index in [0.717, 1.165) is 11.3 Å². The second-order valence-electron chi connectivity index (χ2n) is 6.26. The number of hydrogen-bond acceptors (Lipinski definition) is 4. The van der Waals surface area contributed by atoms with Crippen LogP contribution in [0.1, 0.15) is 30.5 Å². The Morgan fingerprint density at radius 3 is 2.75 bits per heavy atom. The number of hydrogen-bond donors (Lipinski definition) is 2. The van der Waals surface area contributed by atoms with Crippen molar-refractivity contribution in [2.24, 2.45) is 0 Å². The SMILES string of the molecule is CCC(=O)Nc1nc2n(n1)C(c1c(F)cccc1Cl)C=C(c1ccccc1)N2. The third-order valence-electron chi connectivity index (χ3n) is 4.42. The van der Waals surface area contributed by atoms with Crippen LogP contribution in [-0.4, -0.2) is 20.7 Å². The highest BCUT2D eigenvalue weighted by Gasteiger charge is 2.29. The summed E-state index contributed by atoms with van der Waals surface area (Å²) < 4.78 is 16.2. The lowest BCUT2D eigenvalue weighted by atomic mass is 10.0. The van der Waals surface area contributed by atoms with Gasteiger partial charge in [-0.3, -0.25) is 10.1 Å². The minimum absolute atomic E-state index is 0.148. The number of carbonyl (C=O) groups excluding carboxylic acids is 1. The van der Waals surface area contributed by atoms with Crippen molar-refractivity contribution < 1.29 is 9.18 Å². The van der Waals surface area contributed by atoms with Gasteiger partial charge in [-0.1, -0.05) is 54.9 Å². The number of carbonyl (C=O) groups is 1. The average Bonchev–Trinajstić information content (AvgIpc) is 3.10. The van der Waals surface area contributed by atoms with Crippen molar-refractivity contribution in [1.29, 1.82) is 0 Å². The number of allylic oxidation sites excluding steroid dienone is 1. The topological polar surface area (TPSA) is 71.8 Å². The number of anilines is 2. The molecule has 0 fully saturated rings. The second-order valence-corrected chi connectivity index (χ2v) is 6.66. The van der Waals surface area contributed by atoms with Crippen LogP contribution < -0.4 is 10.6 Å². The van der Waals surface area contributed by atoms with Crippen molar-refractivity contribution in [3.05, 3.63) is 76.6 Å². The number of nitrogens with one attached hydrogen (secondary N) is 2. The molecule has 3 aromatic rings. The van der Waals surface area contributed by atoms with E-state index in [1.54, 1.807) is 19.1 Å². The number of amides is 1. The molecule has 1 aliphatic rings. The molecule has 6 nitrogen and oxygen atoms in total. The van der Waals surface area contributed by atoms with Crippen LogP contribution in [0.15, 0.2) is 54.6 Å². The first kappa shape index (κ1) is 18.2. The Hall–Kier alpha value is -3.19. The third-order valence-corrected chi connectivity index (χ3v) is 4.75. The van der Waals surface area contributed by atoms with Crippen LogP contribution in [0.5, 0.6) is 0 Å². The van der Waals surface area contributed by atoms with Crippen LogP contribution in [0.4, 0.5) is 16.3 Å². The summed E-state index contributed by atoms with van der Waals surface area (Å²) in [6.07, 6.45) is 2.14. The first-order chi connectivity index (χ1) is 13.6. The molecule has 0 saturated heterocycles. The van der Waals surface area contributed by atoms with E-state index in [9.17, 15) is 9.18 Å². The van der Waals surface area contributed by atoms with E-state index in [2.05, 4.69) is 20.7 Å². The van der Waals surface area contributed by atoms with Gasteiger partial charge in [-0.2, -0.15) is 4.98 Å². The largest absolute Gasteiger partial charge is 0.324 e. The molecule has 2 N–H and O–H groups in total. The van der Waals surface area contributed by atoms with Crippen LogP contribution in [-0.2, 0) is 4.79 Å². The predicted molar refractivity (Wildman–Crippen MR) is 107 cm³/mol. The smallest absolute Gasteiger partial charge is 0.250 e.